The van der Waals surface area contributed by atoms with E-state index in [-0.39, 0.29) is 10.6 Å². The van der Waals surface area contributed by atoms with Crippen molar-refractivity contribution in [2.75, 3.05) is 0 Å². The Kier molecular flexibility index (Phi) is 5.25. The standard InChI is InChI=1S/C17H10B3ClFNO5S/c18-16(11-8-10(21)6-7-12(11)22)14(24)13(15(23)27-16)28-29(25,26)17(19,20)9-4-2-1-3-5-9/h1-8H,23H2/t16-/m0/s1. The van der Waals surface area contributed by atoms with Crippen molar-refractivity contribution in [3.8, 4) is 0 Å². The van der Waals surface area contributed by atoms with Gasteiger partial charge in [-0.15, -0.1) is 0 Å². The molecule has 0 saturated carbocycles. The van der Waals surface area contributed by atoms with Crippen LogP contribution in [0.5, 0.6) is 0 Å². The summed E-state index contributed by atoms with van der Waals surface area (Å²) in [6.45, 7) is 0. The second-order valence-electron chi connectivity index (χ2n) is 6.18. The Morgan fingerprint density at radius 1 is 1.17 bits per heavy atom. The first-order valence-electron chi connectivity index (χ1n) is 7.95. The van der Waals surface area contributed by atoms with E-state index in [1.54, 1.807) is 6.07 Å². The predicted molar refractivity (Wildman–Crippen MR) is 106 cm³/mol. The van der Waals surface area contributed by atoms with Crippen LogP contribution in [0.4, 0.5) is 4.39 Å². The number of Topliss-reactive ketones (excluding diaryl/α,β-unsaturated/α-hetero) is 1. The molecule has 0 saturated heterocycles. The first kappa shape index (κ1) is 21.3. The van der Waals surface area contributed by atoms with Crippen LogP contribution in [0, 0.1) is 5.82 Å². The van der Waals surface area contributed by atoms with Crippen molar-refractivity contribution in [3.05, 3.63) is 82.1 Å². The monoisotopic (exact) mass is 427 g/mol. The number of nitrogens with two attached hydrogens (primary N) is 1. The van der Waals surface area contributed by atoms with Crippen LogP contribution in [0.3, 0.4) is 0 Å². The van der Waals surface area contributed by atoms with Crippen LogP contribution in [-0.4, -0.2) is 37.7 Å². The summed E-state index contributed by atoms with van der Waals surface area (Å²) in [6.07, 6.45) is 0. The van der Waals surface area contributed by atoms with E-state index >= 15 is 0 Å². The highest BCUT2D eigenvalue weighted by Crippen LogP contribution is 2.39. The highest BCUT2D eigenvalue weighted by molar-refractivity contribution is 7.90. The molecule has 6 radical (unpaired) electrons. The Labute approximate surface area is 175 Å². The largest absolute Gasteiger partial charge is 0.467 e. The zero-order valence-corrected chi connectivity index (χ0v) is 16.2. The molecule has 0 fully saturated rings. The molecule has 0 unspecified atom stereocenters. The molecule has 142 valence electrons. The van der Waals surface area contributed by atoms with E-state index in [1.165, 1.54) is 30.3 Å². The minimum atomic E-state index is -4.87. The number of ether oxygens (including phenoxy) is 1. The van der Waals surface area contributed by atoms with Crippen molar-refractivity contribution in [1.82, 2.24) is 0 Å². The second-order valence-corrected chi connectivity index (χ2v) is 8.37. The molecule has 2 N–H and O–H groups in total. The maximum Gasteiger partial charge on any atom is 0.302 e. The highest BCUT2D eigenvalue weighted by atomic mass is 35.5. The average Bonchev–Trinajstić information content (AvgIpc) is 2.88. The van der Waals surface area contributed by atoms with E-state index in [0.29, 0.717) is 0 Å². The minimum Gasteiger partial charge on any atom is -0.467 e. The van der Waals surface area contributed by atoms with Crippen LogP contribution in [0.1, 0.15) is 11.1 Å². The van der Waals surface area contributed by atoms with Gasteiger partial charge in [0.05, 0.1) is 20.2 Å². The summed E-state index contributed by atoms with van der Waals surface area (Å²) >= 11 is 5.82. The van der Waals surface area contributed by atoms with Gasteiger partial charge in [0.25, 0.3) is 0 Å². The highest BCUT2D eigenvalue weighted by Gasteiger charge is 2.51. The lowest BCUT2D eigenvalue weighted by atomic mass is 9.65. The fourth-order valence-corrected chi connectivity index (χ4v) is 3.72. The van der Waals surface area contributed by atoms with Gasteiger partial charge < -0.3 is 14.7 Å². The number of hydrogen-bond donors (Lipinski definition) is 1. The van der Waals surface area contributed by atoms with E-state index in [2.05, 4.69) is 0 Å². The average molecular weight is 427 g/mol. The summed E-state index contributed by atoms with van der Waals surface area (Å²) in [4.78, 5) is 12.8. The van der Waals surface area contributed by atoms with Crippen LogP contribution in [0.2, 0.25) is 5.02 Å². The van der Waals surface area contributed by atoms with Crippen LogP contribution in [0.15, 0.2) is 60.2 Å². The number of rotatable bonds is 5. The summed E-state index contributed by atoms with van der Waals surface area (Å²) in [6, 6.07) is 10.5. The summed E-state index contributed by atoms with van der Waals surface area (Å²) in [7, 11) is 12.5. The molecule has 29 heavy (non-hydrogen) atoms. The Morgan fingerprint density at radius 2 is 1.79 bits per heavy atom. The number of carbonyl (C=O) groups excluding carboxylic acids is 1. The van der Waals surface area contributed by atoms with Gasteiger partial charge in [-0.25, -0.2) is 4.39 Å². The quantitative estimate of drug-likeness (QED) is 0.566. The third-order valence-corrected chi connectivity index (χ3v) is 5.88. The van der Waals surface area contributed by atoms with Crippen LogP contribution in [-0.2, 0) is 33.9 Å². The van der Waals surface area contributed by atoms with E-state index < -0.39 is 49.0 Å². The third kappa shape index (κ3) is 3.53. The number of benzene rings is 2. The first-order valence-corrected chi connectivity index (χ1v) is 9.74. The molecule has 0 aliphatic carbocycles. The molecule has 1 aliphatic rings. The summed E-state index contributed by atoms with van der Waals surface area (Å²) < 4.78 is 46.9. The topological polar surface area (TPSA) is 95.7 Å². The maximum absolute atomic E-state index is 14.2. The normalized spacial score (nSPS) is 19.9. The molecule has 2 aromatic rings. The van der Waals surface area contributed by atoms with Gasteiger partial charge in [-0.3, -0.25) is 4.79 Å². The Balaban J connectivity index is 1.97. The minimum absolute atomic E-state index is 0.0227. The van der Waals surface area contributed by atoms with Gasteiger partial charge in [-0.2, -0.15) is 8.42 Å². The fourth-order valence-electron chi connectivity index (χ4n) is 2.61. The van der Waals surface area contributed by atoms with Crippen molar-refractivity contribution >= 4 is 51.0 Å². The predicted octanol–water partition coefficient (Wildman–Crippen LogP) is 1.02. The molecule has 0 aromatic heterocycles. The molecule has 3 rings (SSSR count). The molecule has 6 nitrogen and oxygen atoms in total. The fraction of sp³-hybridized carbons (Fsp3) is 0.118. The van der Waals surface area contributed by atoms with Gasteiger partial charge >= 0.3 is 10.1 Å². The van der Waals surface area contributed by atoms with Gasteiger partial charge in [0, 0.05) is 10.6 Å². The van der Waals surface area contributed by atoms with Crippen molar-refractivity contribution < 1.29 is 26.5 Å². The molecule has 0 bridgehead atoms. The molecule has 1 atom stereocenters. The second kappa shape index (κ2) is 7.14. The lowest BCUT2D eigenvalue weighted by molar-refractivity contribution is -0.126. The first-order chi connectivity index (χ1) is 13.4. The van der Waals surface area contributed by atoms with Gasteiger partial charge in [0.15, 0.2) is 13.3 Å². The van der Waals surface area contributed by atoms with E-state index in [1.807, 2.05) is 0 Å². The summed E-state index contributed by atoms with van der Waals surface area (Å²) in [5.41, 5.74) is 2.60. The summed E-state index contributed by atoms with van der Waals surface area (Å²) in [5.74, 6) is -3.96. The van der Waals surface area contributed by atoms with Crippen molar-refractivity contribution in [2.24, 2.45) is 5.73 Å². The molecule has 0 amide bonds. The molecule has 2 aromatic carbocycles. The van der Waals surface area contributed by atoms with Gasteiger partial charge in [-0.1, -0.05) is 41.9 Å². The molecular formula is C17H10B3ClFNO5S. The zero-order valence-electron chi connectivity index (χ0n) is 14.6. The maximum atomic E-state index is 14.2. The Hall–Kier alpha value is -2.39. The van der Waals surface area contributed by atoms with Crippen molar-refractivity contribution in [1.29, 1.82) is 0 Å². The number of halogens is 2. The van der Waals surface area contributed by atoms with Crippen LogP contribution in [0.25, 0.3) is 0 Å². The van der Waals surface area contributed by atoms with Crippen molar-refractivity contribution in [3.63, 3.8) is 0 Å². The molecule has 1 aliphatic heterocycles. The smallest absolute Gasteiger partial charge is 0.302 e. The zero-order chi connectivity index (χ0) is 21.6. The van der Waals surface area contributed by atoms with Gasteiger partial charge in [0.1, 0.15) is 5.82 Å². The van der Waals surface area contributed by atoms with E-state index in [9.17, 15) is 17.6 Å². The van der Waals surface area contributed by atoms with Gasteiger partial charge in [0.2, 0.25) is 17.4 Å². The lowest BCUT2D eigenvalue weighted by Gasteiger charge is -2.26. The van der Waals surface area contributed by atoms with E-state index in [0.717, 1.165) is 12.1 Å². The van der Waals surface area contributed by atoms with Crippen LogP contribution < -0.4 is 5.73 Å². The van der Waals surface area contributed by atoms with Crippen LogP contribution >= 0.6 is 11.6 Å². The molecular weight excluding hydrogens is 417 g/mol. The molecule has 0 spiro atoms. The Morgan fingerprint density at radius 3 is 2.41 bits per heavy atom. The SMILES string of the molecule is [B]C([B])(c1ccccc1)S(=O)(=O)OC1=C(N)O[C@@]([B])(c2cc(Cl)ccc2F)C1=O. The molecule has 1 heterocycles. The van der Waals surface area contributed by atoms with Gasteiger partial charge in [-0.05, 0) is 23.8 Å². The number of ketones is 1. The van der Waals surface area contributed by atoms with E-state index in [4.69, 9.17) is 49.8 Å². The lowest BCUT2D eigenvalue weighted by Crippen LogP contribution is -2.40. The summed E-state index contributed by atoms with van der Waals surface area (Å²) in [5, 5.41) is 0.0511. The Bertz CT molecular complexity index is 1130. The molecule has 12 heteroatoms. The third-order valence-electron chi connectivity index (χ3n) is 4.20. The van der Waals surface area contributed by atoms with Crippen molar-refractivity contribution in [2.45, 2.75) is 10.0 Å². The number of hydrogen-bond acceptors (Lipinski definition) is 6. The number of carbonyl (C=O) groups is 1.